The Hall–Kier alpha value is -2.53. The second-order valence-corrected chi connectivity index (χ2v) is 8.18. The van der Waals surface area contributed by atoms with E-state index in [9.17, 15) is 12.8 Å². The number of halogens is 1. The fourth-order valence-corrected chi connectivity index (χ4v) is 3.68. The standard InChI is InChI=1S/C20H18FNO2S/c1-13-9-14(2)11-16(10-13)17-5-4-8-22-20(17)15-6-7-19(18(21)12-15)25(3,23)24/h4-12H,1-3H3. The predicted molar refractivity (Wildman–Crippen MR) is 97.7 cm³/mol. The minimum absolute atomic E-state index is 0.305. The van der Waals surface area contributed by atoms with E-state index in [-0.39, 0.29) is 4.90 Å². The molecule has 0 spiro atoms. The maximum Gasteiger partial charge on any atom is 0.178 e. The summed E-state index contributed by atoms with van der Waals surface area (Å²) in [6.45, 7) is 4.04. The number of aromatic nitrogens is 1. The quantitative estimate of drug-likeness (QED) is 0.691. The van der Waals surface area contributed by atoms with Crippen LogP contribution in [0.2, 0.25) is 0 Å². The molecule has 1 heterocycles. The van der Waals surface area contributed by atoms with Crippen LogP contribution in [0.3, 0.4) is 0 Å². The first-order valence-corrected chi connectivity index (χ1v) is 9.68. The predicted octanol–water partition coefficient (Wildman–Crippen LogP) is 4.58. The van der Waals surface area contributed by atoms with Gasteiger partial charge in [-0.3, -0.25) is 4.98 Å². The molecule has 5 heteroatoms. The van der Waals surface area contributed by atoms with Crippen molar-refractivity contribution in [2.75, 3.05) is 6.26 Å². The van der Waals surface area contributed by atoms with E-state index in [1.165, 1.54) is 12.1 Å². The molecule has 25 heavy (non-hydrogen) atoms. The second-order valence-electron chi connectivity index (χ2n) is 6.19. The fourth-order valence-electron chi connectivity index (χ4n) is 2.95. The molecule has 0 fully saturated rings. The average molecular weight is 355 g/mol. The average Bonchev–Trinajstić information content (AvgIpc) is 2.52. The monoisotopic (exact) mass is 355 g/mol. The Bertz CT molecular complexity index is 1040. The smallest absolute Gasteiger partial charge is 0.178 e. The van der Waals surface area contributed by atoms with E-state index in [2.05, 4.69) is 23.2 Å². The highest BCUT2D eigenvalue weighted by atomic mass is 32.2. The van der Waals surface area contributed by atoms with Crippen LogP contribution < -0.4 is 0 Å². The summed E-state index contributed by atoms with van der Waals surface area (Å²) >= 11 is 0. The number of nitrogens with zero attached hydrogens (tertiary/aromatic N) is 1. The third kappa shape index (κ3) is 3.61. The van der Waals surface area contributed by atoms with Gasteiger partial charge < -0.3 is 0 Å². The van der Waals surface area contributed by atoms with Gasteiger partial charge in [-0.25, -0.2) is 12.8 Å². The lowest BCUT2D eigenvalue weighted by Crippen LogP contribution is -2.01. The van der Waals surface area contributed by atoms with Gasteiger partial charge in [-0.1, -0.05) is 41.5 Å². The van der Waals surface area contributed by atoms with Crippen molar-refractivity contribution in [3.05, 3.63) is 71.7 Å². The Kier molecular flexibility index (Phi) is 4.43. The van der Waals surface area contributed by atoms with E-state index in [0.29, 0.717) is 11.3 Å². The summed E-state index contributed by atoms with van der Waals surface area (Å²) in [4.78, 5) is 4.10. The lowest BCUT2D eigenvalue weighted by molar-refractivity contribution is 0.571. The van der Waals surface area contributed by atoms with Gasteiger partial charge in [0, 0.05) is 23.6 Å². The molecule has 0 N–H and O–H groups in total. The van der Waals surface area contributed by atoms with E-state index in [0.717, 1.165) is 28.5 Å². The van der Waals surface area contributed by atoms with Crippen molar-refractivity contribution in [3.63, 3.8) is 0 Å². The number of benzene rings is 2. The van der Waals surface area contributed by atoms with Gasteiger partial charge in [-0.15, -0.1) is 0 Å². The molecular formula is C20H18FNO2S. The van der Waals surface area contributed by atoms with Crippen LogP contribution in [0, 0.1) is 19.7 Å². The largest absolute Gasteiger partial charge is 0.256 e. The van der Waals surface area contributed by atoms with Gasteiger partial charge in [-0.05, 0) is 37.6 Å². The Morgan fingerprint density at radius 3 is 2.20 bits per heavy atom. The molecule has 3 rings (SSSR count). The van der Waals surface area contributed by atoms with Gasteiger partial charge in [0.05, 0.1) is 5.69 Å². The van der Waals surface area contributed by atoms with Gasteiger partial charge >= 0.3 is 0 Å². The SMILES string of the molecule is Cc1cc(C)cc(-c2cccnc2-c2ccc(S(C)(=O)=O)c(F)c2)c1. The first-order chi connectivity index (χ1) is 11.8. The lowest BCUT2D eigenvalue weighted by atomic mass is 9.96. The van der Waals surface area contributed by atoms with Crippen LogP contribution in [-0.4, -0.2) is 19.7 Å². The maximum absolute atomic E-state index is 14.3. The van der Waals surface area contributed by atoms with E-state index in [1.54, 1.807) is 12.3 Å². The highest BCUT2D eigenvalue weighted by Crippen LogP contribution is 2.32. The van der Waals surface area contributed by atoms with Crippen LogP contribution in [0.1, 0.15) is 11.1 Å². The van der Waals surface area contributed by atoms with Crippen molar-refractivity contribution in [2.24, 2.45) is 0 Å². The third-order valence-corrected chi connectivity index (χ3v) is 5.08. The summed E-state index contributed by atoms with van der Waals surface area (Å²) in [5, 5.41) is 0. The first-order valence-electron chi connectivity index (χ1n) is 7.79. The molecule has 0 saturated heterocycles. The van der Waals surface area contributed by atoms with Crippen LogP contribution in [-0.2, 0) is 9.84 Å². The number of pyridine rings is 1. The molecule has 128 valence electrons. The van der Waals surface area contributed by atoms with Crippen molar-refractivity contribution in [1.29, 1.82) is 0 Å². The van der Waals surface area contributed by atoms with E-state index < -0.39 is 15.7 Å². The minimum atomic E-state index is -3.60. The van der Waals surface area contributed by atoms with Gasteiger partial charge in [0.1, 0.15) is 10.7 Å². The molecule has 0 aliphatic heterocycles. The summed E-state index contributed by atoms with van der Waals surface area (Å²) in [5.41, 5.74) is 5.28. The zero-order valence-corrected chi connectivity index (χ0v) is 15.1. The minimum Gasteiger partial charge on any atom is -0.256 e. The lowest BCUT2D eigenvalue weighted by Gasteiger charge is -2.11. The van der Waals surface area contributed by atoms with E-state index >= 15 is 0 Å². The van der Waals surface area contributed by atoms with Gasteiger partial charge in [-0.2, -0.15) is 0 Å². The summed E-state index contributed by atoms with van der Waals surface area (Å²) in [6, 6.07) is 14.1. The Morgan fingerprint density at radius 1 is 0.920 bits per heavy atom. The molecule has 0 saturated carbocycles. The number of hydrogen-bond donors (Lipinski definition) is 0. The molecule has 0 aliphatic carbocycles. The molecular weight excluding hydrogens is 337 g/mol. The molecule has 0 bridgehead atoms. The van der Waals surface area contributed by atoms with Gasteiger partial charge in [0.15, 0.2) is 9.84 Å². The molecule has 0 atom stereocenters. The summed E-state index contributed by atoms with van der Waals surface area (Å²) in [5.74, 6) is -0.767. The second kappa shape index (κ2) is 6.41. The Morgan fingerprint density at radius 2 is 1.60 bits per heavy atom. The number of sulfone groups is 1. The van der Waals surface area contributed by atoms with Crippen LogP contribution in [0.5, 0.6) is 0 Å². The summed E-state index contributed by atoms with van der Waals surface area (Å²) in [6.07, 6.45) is 2.64. The maximum atomic E-state index is 14.3. The molecule has 0 aliphatic rings. The van der Waals surface area contributed by atoms with Crippen molar-refractivity contribution in [1.82, 2.24) is 4.98 Å². The normalized spacial score (nSPS) is 11.5. The molecule has 0 unspecified atom stereocenters. The zero-order valence-electron chi connectivity index (χ0n) is 14.2. The molecule has 1 aromatic heterocycles. The van der Waals surface area contributed by atoms with E-state index in [1.807, 2.05) is 26.0 Å². The first kappa shape index (κ1) is 17.3. The van der Waals surface area contributed by atoms with Crippen LogP contribution in [0.25, 0.3) is 22.4 Å². The Balaban J connectivity index is 2.18. The van der Waals surface area contributed by atoms with Crippen molar-refractivity contribution < 1.29 is 12.8 Å². The number of aryl methyl sites for hydroxylation is 2. The summed E-state index contributed by atoms with van der Waals surface area (Å²) < 4.78 is 37.5. The van der Waals surface area contributed by atoms with Crippen LogP contribution in [0.15, 0.2) is 59.6 Å². The Labute approximate surface area is 147 Å². The molecule has 2 aromatic carbocycles. The van der Waals surface area contributed by atoms with Crippen molar-refractivity contribution in [2.45, 2.75) is 18.7 Å². The molecule has 0 amide bonds. The fraction of sp³-hybridized carbons (Fsp3) is 0.150. The molecule has 3 aromatic rings. The van der Waals surface area contributed by atoms with E-state index in [4.69, 9.17) is 0 Å². The van der Waals surface area contributed by atoms with Crippen molar-refractivity contribution >= 4 is 9.84 Å². The van der Waals surface area contributed by atoms with Gasteiger partial charge in [0.2, 0.25) is 0 Å². The third-order valence-electron chi connectivity index (χ3n) is 3.95. The topological polar surface area (TPSA) is 47.0 Å². The highest BCUT2D eigenvalue weighted by molar-refractivity contribution is 7.90. The van der Waals surface area contributed by atoms with Gasteiger partial charge in [0.25, 0.3) is 0 Å². The molecule has 3 nitrogen and oxygen atoms in total. The van der Waals surface area contributed by atoms with Crippen molar-refractivity contribution in [3.8, 4) is 22.4 Å². The molecule has 0 radical (unpaired) electrons. The highest BCUT2D eigenvalue weighted by Gasteiger charge is 2.16. The van der Waals surface area contributed by atoms with Crippen LogP contribution in [0.4, 0.5) is 4.39 Å². The number of hydrogen-bond acceptors (Lipinski definition) is 3. The number of rotatable bonds is 3. The van der Waals surface area contributed by atoms with Crippen LogP contribution >= 0.6 is 0 Å². The zero-order chi connectivity index (χ0) is 18.2. The summed E-state index contributed by atoms with van der Waals surface area (Å²) in [7, 11) is -3.60.